The minimum absolute atomic E-state index is 0.0290. The van der Waals surface area contributed by atoms with E-state index in [1.165, 1.54) is 18.6 Å². The highest BCUT2D eigenvalue weighted by molar-refractivity contribution is 7.99. The van der Waals surface area contributed by atoms with Gasteiger partial charge in [-0.25, -0.2) is 4.79 Å². The standard InChI is InChI=1S/C15H26N2O2S/c1-2-3-11-8-13(11)17-14(18)16-12-4-6-19-15(9-12)5-7-20-10-15/h11-13H,2-10H2,1H3,(H2,16,17,18)/t11-,12-,13+,15+/m1/s1. The molecule has 2 heterocycles. The van der Waals surface area contributed by atoms with Crippen LogP contribution in [0.25, 0.3) is 0 Å². The number of ether oxygens (including phenoxy) is 1. The fraction of sp³-hybridized carbons (Fsp3) is 0.933. The minimum Gasteiger partial charge on any atom is -0.374 e. The van der Waals surface area contributed by atoms with Crippen LogP contribution in [0.4, 0.5) is 4.79 Å². The molecule has 2 aliphatic heterocycles. The summed E-state index contributed by atoms with van der Waals surface area (Å²) in [5, 5.41) is 6.28. The molecule has 2 amide bonds. The molecule has 3 rings (SSSR count). The predicted octanol–water partition coefficient (Wildman–Crippen LogP) is 2.53. The van der Waals surface area contributed by atoms with Gasteiger partial charge >= 0.3 is 6.03 Å². The van der Waals surface area contributed by atoms with Gasteiger partial charge in [-0.05, 0) is 43.8 Å². The summed E-state index contributed by atoms with van der Waals surface area (Å²) in [4.78, 5) is 12.0. The lowest BCUT2D eigenvalue weighted by atomic mass is 9.90. The summed E-state index contributed by atoms with van der Waals surface area (Å²) in [6.07, 6.45) is 6.68. The Bertz CT molecular complexity index is 358. The Morgan fingerprint density at radius 2 is 2.35 bits per heavy atom. The highest BCUT2D eigenvalue weighted by atomic mass is 32.2. The van der Waals surface area contributed by atoms with Gasteiger partial charge in [0.15, 0.2) is 0 Å². The Labute approximate surface area is 125 Å². The monoisotopic (exact) mass is 298 g/mol. The Morgan fingerprint density at radius 1 is 1.45 bits per heavy atom. The fourth-order valence-corrected chi connectivity index (χ4v) is 4.90. The number of carbonyl (C=O) groups is 1. The molecule has 0 bridgehead atoms. The van der Waals surface area contributed by atoms with Gasteiger partial charge < -0.3 is 15.4 Å². The van der Waals surface area contributed by atoms with Gasteiger partial charge in [0.1, 0.15) is 0 Å². The van der Waals surface area contributed by atoms with Crippen molar-refractivity contribution in [3.63, 3.8) is 0 Å². The van der Waals surface area contributed by atoms with Gasteiger partial charge in [-0.2, -0.15) is 11.8 Å². The Balaban J connectivity index is 1.42. The van der Waals surface area contributed by atoms with E-state index >= 15 is 0 Å². The number of amides is 2. The fourth-order valence-electron chi connectivity index (χ4n) is 3.52. The second-order valence-electron chi connectivity index (χ2n) is 6.53. The Morgan fingerprint density at radius 3 is 3.10 bits per heavy atom. The molecular weight excluding hydrogens is 272 g/mol. The van der Waals surface area contributed by atoms with Crippen LogP contribution in [0, 0.1) is 5.92 Å². The number of thioether (sulfide) groups is 1. The van der Waals surface area contributed by atoms with Gasteiger partial charge in [-0.1, -0.05) is 13.3 Å². The lowest BCUT2D eigenvalue weighted by molar-refractivity contribution is -0.0684. The maximum Gasteiger partial charge on any atom is 0.315 e. The lowest BCUT2D eigenvalue weighted by Crippen LogP contribution is -2.51. The molecule has 20 heavy (non-hydrogen) atoms. The number of hydrogen-bond donors (Lipinski definition) is 2. The highest BCUT2D eigenvalue weighted by Gasteiger charge is 2.41. The molecule has 1 spiro atoms. The van der Waals surface area contributed by atoms with Crippen molar-refractivity contribution in [1.29, 1.82) is 0 Å². The van der Waals surface area contributed by atoms with E-state index in [9.17, 15) is 4.79 Å². The summed E-state index contributed by atoms with van der Waals surface area (Å²) < 4.78 is 5.99. The first-order chi connectivity index (χ1) is 9.71. The summed E-state index contributed by atoms with van der Waals surface area (Å²) >= 11 is 1.97. The normalized spacial score (nSPS) is 39.8. The number of carbonyl (C=O) groups excluding carboxylic acids is 1. The second kappa shape index (κ2) is 6.14. The number of urea groups is 1. The molecular formula is C15H26N2O2S. The van der Waals surface area contributed by atoms with Crippen LogP contribution in [0.5, 0.6) is 0 Å². The summed E-state index contributed by atoms with van der Waals surface area (Å²) in [6.45, 7) is 2.99. The number of rotatable bonds is 4. The third-order valence-electron chi connectivity index (χ3n) is 4.79. The predicted molar refractivity (Wildman–Crippen MR) is 82.1 cm³/mol. The van der Waals surface area contributed by atoms with Crippen molar-refractivity contribution in [3.05, 3.63) is 0 Å². The summed E-state index contributed by atoms with van der Waals surface area (Å²) in [5.41, 5.74) is 0.0468. The first kappa shape index (κ1) is 14.5. The first-order valence-corrected chi connectivity index (χ1v) is 9.15. The van der Waals surface area contributed by atoms with E-state index in [-0.39, 0.29) is 17.7 Å². The van der Waals surface area contributed by atoms with Crippen LogP contribution in [0.15, 0.2) is 0 Å². The molecule has 5 heteroatoms. The van der Waals surface area contributed by atoms with Crippen molar-refractivity contribution in [2.75, 3.05) is 18.1 Å². The van der Waals surface area contributed by atoms with E-state index in [2.05, 4.69) is 17.6 Å². The minimum atomic E-state index is 0.0290. The quantitative estimate of drug-likeness (QED) is 0.838. The largest absolute Gasteiger partial charge is 0.374 e. The van der Waals surface area contributed by atoms with E-state index in [4.69, 9.17) is 4.74 Å². The topological polar surface area (TPSA) is 50.4 Å². The van der Waals surface area contributed by atoms with Gasteiger partial charge in [0.2, 0.25) is 0 Å². The molecule has 0 aromatic rings. The molecule has 4 atom stereocenters. The molecule has 3 fully saturated rings. The van der Waals surface area contributed by atoms with E-state index in [0.717, 1.165) is 44.0 Å². The maximum absolute atomic E-state index is 12.0. The molecule has 0 radical (unpaired) electrons. The number of nitrogens with one attached hydrogen (secondary N) is 2. The van der Waals surface area contributed by atoms with Crippen molar-refractivity contribution in [3.8, 4) is 0 Å². The van der Waals surface area contributed by atoms with E-state index in [1.54, 1.807) is 0 Å². The van der Waals surface area contributed by atoms with Crippen molar-refractivity contribution in [2.45, 2.75) is 63.1 Å². The van der Waals surface area contributed by atoms with Crippen LogP contribution in [-0.4, -0.2) is 41.8 Å². The summed E-state index contributed by atoms with van der Waals surface area (Å²) in [6, 6.07) is 0.734. The molecule has 0 unspecified atom stereocenters. The van der Waals surface area contributed by atoms with Crippen LogP contribution in [0.3, 0.4) is 0 Å². The van der Waals surface area contributed by atoms with Crippen LogP contribution in [0.2, 0.25) is 0 Å². The van der Waals surface area contributed by atoms with Gasteiger partial charge in [0.25, 0.3) is 0 Å². The Hall–Kier alpha value is -0.420. The smallest absolute Gasteiger partial charge is 0.315 e. The zero-order valence-corrected chi connectivity index (χ0v) is 13.1. The van der Waals surface area contributed by atoms with Gasteiger partial charge in [-0.3, -0.25) is 0 Å². The third-order valence-corrected chi connectivity index (χ3v) is 6.02. The van der Waals surface area contributed by atoms with Crippen molar-refractivity contribution in [1.82, 2.24) is 10.6 Å². The molecule has 1 saturated carbocycles. The average Bonchev–Trinajstić information content (AvgIpc) is 2.97. The van der Waals surface area contributed by atoms with Gasteiger partial charge in [-0.15, -0.1) is 0 Å². The third kappa shape index (κ3) is 3.42. The average molecular weight is 298 g/mol. The van der Waals surface area contributed by atoms with E-state index in [0.29, 0.717) is 6.04 Å². The number of hydrogen-bond acceptors (Lipinski definition) is 3. The van der Waals surface area contributed by atoms with Gasteiger partial charge in [0, 0.05) is 24.4 Å². The van der Waals surface area contributed by atoms with Crippen LogP contribution in [-0.2, 0) is 4.74 Å². The van der Waals surface area contributed by atoms with Crippen molar-refractivity contribution < 1.29 is 9.53 Å². The SMILES string of the molecule is CCC[C@@H]1C[C@@H]1NC(=O)N[C@@H]1CCO[C@@]2(CCSC2)C1. The van der Waals surface area contributed by atoms with Gasteiger partial charge in [0.05, 0.1) is 5.60 Å². The van der Waals surface area contributed by atoms with Crippen LogP contribution < -0.4 is 10.6 Å². The molecule has 2 N–H and O–H groups in total. The molecule has 0 aromatic carbocycles. The zero-order valence-electron chi connectivity index (χ0n) is 12.3. The van der Waals surface area contributed by atoms with Crippen LogP contribution >= 0.6 is 11.8 Å². The lowest BCUT2D eigenvalue weighted by Gasteiger charge is -2.38. The van der Waals surface area contributed by atoms with Crippen LogP contribution in [0.1, 0.15) is 45.4 Å². The molecule has 1 aliphatic carbocycles. The molecule has 4 nitrogen and oxygen atoms in total. The summed E-state index contributed by atoms with van der Waals surface area (Å²) in [5.74, 6) is 3.01. The zero-order chi connectivity index (χ0) is 14.0. The van der Waals surface area contributed by atoms with E-state index in [1.807, 2.05) is 11.8 Å². The van der Waals surface area contributed by atoms with Crippen molar-refractivity contribution >= 4 is 17.8 Å². The summed E-state index contributed by atoms with van der Waals surface area (Å²) in [7, 11) is 0. The van der Waals surface area contributed by atoms with E-state index < -0.39 is 0 Å². The molecule has 2 saturated heterocycles. The molecule has 114 valence electrons. The highest BCUT2D eigenvalue weighted by Crippen LogP contribution is 2.38. The first-order valence-electron chi connectivity index (χ1n) is 7.99. The second-order valence-corrected chi connectivity index (χ2v) is 7.64. The molecule has 0 aromatic heterocycles. The molecule has 3 aliphatic rings. The van der Waals surface area contributed by atoms with Crippen molar-refractivity contribution in [2.24, 2.45) is 5.92 Å². The Kier molecular flexibility index (Phi) is 4.46. The maximum atomic E-state index is 12.0.